The molecule has 0 amide bonds. The van der Waals surface area contributed by atoms with Crippen molar-refractivity contribution in [1.82, 2.24) is 5.16 Å². The Morgan fingerprint density at radius 3 is 2.29 bits per heavy atom. The van der Waals surface area contributed by atoms with Crippen LogP contribution >= 0.6 is 11.6 Å². The number of nitrogens with zero attached hydrogens (tertiary/aromatic N) is 1. The lowest BCUT2D eigenvalue weighted by Crippen LogP contribution is -2.23. The molecule has 1 N–H and O–H groups in total. The summed E-state index contributed by atoms with van der Waals surface area (Å²) in [4.78, 5) is 12.4. The molecule has 5 rings (SSSR count). The van der Waals surface area contributed by atoms with Crippen LogP contribution in [0.15, 0.2) is 77.3 Å². The fourth-order valence-electron chi connectivity index (χ4n) is 4.93. The summed E-state index contributed by atoms with van der Waals surface area (Å²) in [6.07, 6.45) is 3.53. The summed E-state index contributed by atoms with van der Waals surface area (Å²) < 4.78 is 11.0. The number of halogens is 1. The molecule has 1 heterocycles. The van der Waals surface area contributed by atoms with Crippen LogP contribution in [-0.2, 0) is 21.4 Å². The SMILES string of the molecule is CCOC(=O)C1(c2ccc(-c3ccc(-c4onc(C)c4NC(C)CCc4ccccc4Cl)cc3)cc2)CC1. The first-order valence-electron chi connectivity index (χ1n) is 13.3. The minimum atomic E-state index is -0.448. The molecular weight excluding hydrogens is 496 g/mol. The van der Waals surface area contributed by atoms with Crippen LogP contribution in [0.3, 0.4) is 0 Å². The Morgan fingerprint density at radius 1 is 1.03 bits per heavy atom. The zero-order valence-electron chi connectivity index (χ0n) is 22.1. The van der Waals surface area contributed by atoms with Gasteiger partial charge in [-0.3, -0.25) is 4.79 Å². The molecule has 1 unspecified atom stereocenters. The zero-order valence-corrected chi connectivity index (χ0v) is 22.8. The molecule has 6 heteroatoms. The summed E-state index contributed by atoms with van der Waals surface area (Å²) in [6.45, 7) is 6.37. The molecule has 0 radical (unpaired) electrons. The number of esters is 1. The Kier molecular flexibility index (Phi) is 7.57. The summed E-state index contributed by atoms with van der Waals surface area (Å²) >= 11 is 6.33. The van der Waals surface area contributed by atoms with Gasteiger partial charge < -0.3 is 14.6 Å². The molecule has 1 saturated carbocycles. The third-order valence-corrected chi connectivity index (χ3v) is 7.76. The van der Waals surface area contributed by atoms with Crippen LogP contribution < -0.4 is 5.32 Å². The van der Waals surface area contributed by atoms with E-state index in [0.717, 1.165) is 75.7 Å². The number of nitrogens with one attached hydrogen (secondary N) is 1. The van der Waals surface area contributed by atoms with Gasteiger partial charge in [-0.2, -0.15) is 0 Å². The second-order valence-corrected chi connectivity index (χ2v) is 10.5. The van der Waals surface area contributed by atoms with Crippen LogP contribution in [-0.4, -0.2) is 23.8 Å². The van der Waals surface area contributed by atoms with E-state index in [4.69, 9.17) is 20.9 Å². The lowest BCUT2D eigenvalue weighted by atomic mass is 9.93. The summed E-state index contributed by atoms with van der Waals surface area (Å²) in [6, 6.07) is 24.8. The molecule has 0 bridgehead atoms. The minimum Gasteiger partial charge on any atom is -0.465 e. The van der Waals surface area contributed by atoms with Gasteiger partial charge in [-0.25, -0.2) is 0 Å². The van der Waals surface area contributed by atoms with E-state index in [-0.39, 0.29) is 12.0 Å². The maximum Gasteiger partial charge on any atom is 0.316 e. The van der Waals surface area contributed by atoms with Gasteiger partial charge in [0.05, 0.1) is 12.0 Å². The molecule has 0 spiro atoms. The van der Waals surface area contributed by atoms with Gasteiger partial charge in [-0.05, 0) is 74.8 Å². The van der Waals surface area contributed by atoms with Crippen LogP contribution in [0.1, 0.15) is 49.9 Å². The van der Waals surface area contributed by atoms with Crippen molar-refractivity contribution in [1.29, 1.82) is 0 Å². The molecule has 1 aliphatic rings. The van der Waals surface area contributed by atoms with Gasteiger partial charge in [-0.1, -0.05) is 83.5 Å². The second kappa shape index (κ2) is 11.0. The maximum absolute atomic E-state index is 12.4. The predicted molar refractivity (Wildman–Crippen MR) is 153 cm³/mol. The van der Waals surface area contributed by atoms with Crippen LogP contribution in [0.25, 0.3) is 22.5 Å². The van der Waals surface area contributed by atoms with E-state index in [1.165, 1.54) is 0 Å². The van der Waals surface area contributed by atoms with E-state index >= 15 is 0 Å². The normalized spacial score (nSPS) is 14.6. The zero-order chi connectivity index (χ0) is 26.7. The largest absolute Gasteiger partial charge is 0.465 e. The van der Waals surface area contributed by atoms with Crippen LogP contribution in [0.4, 0.5) is 5.69 Å². The molecule has 1 fully saturated rings. The first-order chi connectivity index (χ1) is 18.4. The van der Waals surface area contributed by atoms with Crippen LogP contribution in [0.5, 0.6) is 0 Å². The second-order valence-electron chi connectivity index (χ2n) is 10.1. The summed E-state index contributed by atoms with van der Waals surface area (Å²) in [5, 5.41) is 8.64. The van der Waals surface area contributed by atoms with E-state index in [9.17, 15) is 4.79 Å². The Morgan fingerprint density at radius 2 is 1.66 bits per heavy atom. The van der Waals surface area contributed by atoms with Gasteiger partial charge in [0, 0.05) is 16.6 Å². The fourth-order valence-corrected chi connectivity index (χ4v) is 5.16. The highest BCUT2D eigenvalue weighted by Crippen LogP contribution is 2.49. The summed E-state index contributed by atoms with van der Waals surface area (Å²) in [7, 11) is 0. The summed E-state index contributed by atoms with van der Waals surface area (Å²) in [5.41, 5.74) is 6.65. The van der Waals surface area contributed by atoms with Crippen LogP contribution in [0.2, 0.25) is 5.02 Å². The van der Waals surface area contributed by atoms with Gasteiger partial charge in [0.25, 0.3) is 0 Å². The molecule has 1 aromatic heterocycles. The molecular formula is C32H33ClN2O3. The van der Waals surface area contributed by atoms with Crippen molar-refractivity contribution in [2.24, 2.45) is 0 Å². The van der Waals surface area contributed by atoms with Gasteiger partial charge in [-0.15, -0.1) is 0 Å². The number of hydrogen-bond acceptors (Lipinski definition) is 5. The number of aryl methyl sites for hydroxylation is 2. The quantitative estimate of drug-likeness (QED) is 0.211. The van der Waals surface area contributed by atoms with Gasteiger partial charge >= 0.3 is 5.97 Å². The molecule has 5 nitrogen and oxygen atoms in total. The van der Waals surface area contributed by atoms with Crippen molar-refractivity contribution in [3.05, 3.63) is 94.6 Å². The molecule has 1 atom stereocenters. The van der Waals surface area contributed by atoms with Crippen molar-refractivity contribution in [3.63, 3.8) is 0 Å². The molecule has 4 aromatic rings. The number of rotatable bonds is 10. The number of carbonyl (C=O) groups excluding carboxylic acids is 1. The Hall–Kier alpha value is -3.57. The van der Waals surface area contributed by atoms with E-state index < -0.39 is 5.41 Å². The minimum absolute atomic E-state index is 0.109. The molecule has 3 aromatic carbocycles. The molecule has 38 heavy (non-hydrogen) atoms. The highest BCUT2D eigenvalue weighted by molar-refractivity contribution is 6.31. The number of carbonyl (C=O) groups is 1. The van der Waals surface area contributed by atoms with Gasteiger partial charge in [0.1, 0.15) is 11.4 Å². The lowest BCUT2D eigenvalue weighted by molar-refractivity contribution is -0.146. The topological polar surface area (TPSA) is 64.4 Å². The Balaban J connectivity index is 1.27. The van der Waals surface area contributed by atoms with Gasteiger partial charge in [0.2, 0.25) is 0 Å². The highest BCUT2D eigenvalue weighted by atomic mass is 35.5. The monoisotopic (exact) mass is 528 g/mol. The number of hydrogen-bond donors (Lipinski definition) is 1. The average molecular weight is 529 g/mol. The van der Waals surface area contributed by atoms with E-state index in [1.54, 1.807) is 0 Å². The predicted octanol–water partition coefficient (Wildman–Crippen LogP) is 8.00. The molecule has 196 valence electrons. The van der Waals surface area contributed by atoms with Crippen molar-refractivity contribution in [2.75, 3.05) is 11.9 Å². The number of aromatic nitrogens is 1. The number of benzene rings is 3. The first kappa shape index (κ1) is 26.1. The number of ether oxygens (including phenoxy) is 1. The van der Waals surface area contributed by atoms with Crippen molar-refractivity contribution >= 4 is 23.3 Å². The average Bonchev–Trinajstić information content (AvgIpc) is 3.67. The van der Waals surface area contributed by atoms with Gasteiger partial charge in [0.15, 0.2) is 5.76 Å². The lowest BCUT2D eigenvalue weighted by Gasteiger charge is -2.16. The number of anilines is 1. The molecule has 1 aliphatic carbocycles. The Labute approximate surface area is 229 Å². The van der Waals surface area contributed by atoms with E-state index in [2.05, 4.69) is 72.0 Å². The smallest absolute Gasteiger partial charge is 0.316 e. The fraction of sp³-hybridized carbons (Fsp3) is 0.312. The van der Waals surface area contributed by atoms with Crippen molar-refractivity contribution in [3.8, 4) is 22.5 Å². The summed E-state index contributed by atoms with van der Waals surface area (Å²) in [5.74, 6) is 0.626. The highest BCUT2D eigenvalue weighted by Gasteiger charge is 2.52. The van der Waals surface area contributed by atoms with E-state index in [1.807, 2.05) is 32.0 Å². The van der Waals surface area contributed by atoms with Crippen molar-refractivity contribution in [2.45, 2.75) is 57.9 Å². The van der Waals surface area contributed by atoms with Crippen LogP contribution in [0, 0.1) is 6.92 Å². The molecule has 0 saturated heterocycles. The first-order valence-corrected chi connectivity index (χ1v) is 13.6. The molecule has 0 aliphatic heterocycles. The third-order valence-electron chi connectivity index (χ3n) is 7.39. The maximum atomic E-state index is 12.4. The van der Waals surface area contributed by atoms with Crippen molar-refractivity contribution < 1.29 is 14.1 Å². The standard InChI is InChI=1S/C32H33ClN2O3/c1-4-37-31(36)32(19-20-32)27-17-15-24(16-18-27)23-11-13-26(14-12-23)30-29(22(3)35-38-30)34-21(2)9-10-25-7-5-6-8-28(25)33/h5-8,11-18,21,34H,4,9-10,19-20H2,1-3H3. The third kappa shape index (κ3) is 5.34. The van der Waals surface area contributed by atoms with E-state index in [0.29, 0.717) is 6.61 Å². The Bertz CT molecular complexity index is 1410.